The van der Waals surface area contributed by atoms with Gasteiger partial charge in [-0.3, -0.25) is 15.1 Å². The first kappa shape index (κ1) is 14.0. The van der Waals surface area contributed by atoms with Gasteiger partial charge in [-0.2, -0.15) is 4.39 Å². The molecular weight excluding hydrogens is 267 g/mol. The minimum Gasteiger partial charge on any atom is -0.442 e. The van der Waals surface area contributed by atoms with Crippen LogP contribution >= 0.6 is 0 Å². The molecular formula is C12H15FN4O3. The Morgan fingerprint density at radius 1 is 1.70 bits per heavy atom. The third kappa shape index (κ3) is 2.95. The van der Waals surface area contributed by atoms with Gasteiger partial charge in [-0.1, -0.05) is 0 Å². The molecule has 8 heteroatoms. The minimum atomic E-state index is -0.601. The Labute approximate surface area is 115 Å². The number of ether oxygens (including phenoxy) is 1. The predicted molar refractivity (Wildman–Crippen MR) is 68.4 cm³/mol. The molecule has 0 aromatic heterocycles. The highest BCUT2D eigenvalue weighted by atomic mass is 19.1. The van der Waals surface area contributed by atoms with Crippen molar-refractivity contribution in [1.29, 1.82) is 5.41 Å². The van der Waals surface area contributed by atoms with Crippen molar-refractivity contribution in [2.75, 3.05) is 19.6 Å². The second-order valence-corrected chi connectivity index (χ2v) is 4.43. The fraction of sp³-hybridized carbons (Fsp3) is 0.417. The first-order valence-corrected chi connectivity index (χ1v) is 6.08. The molecule has 0 unspecified atom stereocenters. The molecule has 2 aliphatic heterocycles. The largest absolute Gasteiger partial charge is 0.442 e. The first-order chi connectivity index (χ1) is 9.51. The molecule has 0 radical (unpaired) electrons. The molecule has 0 aromatic rings. The number of hydrogen-bond acceptors (Lipinski definition) is 4. The van der Waals surface area contributed by atoms with Crippen LogP contribution in [-0.2, 0) is 9.53 Å². The summed E-state index contributed by atoms with van der Waals surface area (Å²) >= 11 is 0. The van der Waals surface area contributed by atoms with Crippen LogP contribution in [0.4, 0.5) is 9.18 Å². The van der Waals surface area contributed by atoms with Crippen LogP contribution < -0.4 is 5.32 Å². The third-order valence-corrected chi connectivity index (χ3v) is 2.96. The highest BCUT2D eigenvalue weighted by Crippen LogP contribution is 2.22. The van der Waals surface area contributed by atoms with E-state index in [-0.39, 0.29) is 25.5 Å². The van der Waals surface area contributed by atoms with Crippen molar-refractivity contribution in [3.05, 3.63) is 23.8 Å². The molecule has 2 N–H and O–H groups in total. The van der Waals surface area contributed by atoms with E-state index in [1.165, 1.54) is 17.9 Å². The second-order valence-electron chi connectivity index (χ2n) is 4.43. The molecule has 2 aliphatic rings. The maximum absolute atomic E-state index is 13.6. The van der Waals surface area contributed by atoms with Gasteiger partial charge in [0.15, 0.2) is 5.95 Å². The van der Waals surface area contributed by atoms with Gasteiger partial charge in [0, 0.05) is 25.2 Å². The van der Waals surface area contributed by atoms with E-state index >= 15 is 0 Å². The summed E-state index contributed by atoms with van der Waals surface area (Å²) in [6, 6.07) is 0. The summed E-state index contributed by atoms with van der Waals surface area (Å²) in [5, 5.41) is 9.58. The van der Waals surface area contributed by atoms with Gasteiger partial charge in [-0.25, -0.2) is 4.79 Å². The Morgan fingerprint density at radius 2 is 2.45 bits per heavy atom. The summed E-state index contributed by atoms with van der Waals surface area (Å²) in [4.78, 5) is 25.0. The Kier molecular flexibility index (Phi) is 4.02. The lowest BCUT2D eigenvalue weighted by molar-refractivity contribution is -0.119. The summed E-state index contributed by atoms with van der Waals surface area (Å²) in [7, 11) is 0. The number of carbonyl (C=O) groups is 2. The lowest BCUT2D eigenvalue weighted by atomic mass is 10.2. The summed E-state index contributed by atoms with van der Waals surface area (Å²) in [5.41, 5.74) is 0.399. The van der Waals surface area contributed by atoms with E-state index in [2.05, 4.69) is 5.32 Å². The fourth-order valence-corrected chi connectivity index (χ4v) is 1.94. The van der Waals surface area contributed by atoms with E-state index in [1.807, 2.05) is 0 Å². The molecule has 2 rings (SSSR count). The average molecular weight is 282 g/mol. The maximum atomic E-state index is 13.6. The quantitative estimate of drug-likeness (QED) is 0.448. The van der Waals surface area contributed by atoms with Gasteiger partial charge in [-0.05, 0) is 6.08 Å². The summed E-state index contributed by atoms with van der Waals surface area (Å²) in [6.45, 7) is 2.03. The zero-order valence-electron chi connectivity index (χ0n) is 10.9. The molecule has 0 aliphatic carbocycles. The topological polar surface area (TPSA) is 85.7 Å². The van der Waals surface area contributed by atoms with Crippen LogP contribution in [0.1, 0.15) is 6.92 Å². The maximum Gasteiger partial charge on any atom is 0.414 e. The molecule has 0 saturated carbocycles. The van der Waals surface area contributed by atoms with Crippen molar-refractivity contribution >= 4 is 18.3 Å². The fourth-order valence-electron chi connectivity index (χ4n) is 1.94. The smallest absolute Gasteiger partial charge is 0.414 e. The molecule has 1 atom stereocenters. The predicted octanol–water partition coefficient (Wildman–Crippen LogP) is 0.561. The standard InChI is InChI=1S/C12H15FN4O3/c1-8(18)15-5-10-6-17(12(19)20-10)9-2-3-16(7-14)11(13)4-9/h2,4,7,10,14H,3,5-6H2,1H3,(H,15,18)/t10-/m0/s1. The van der Waals surface area contributed by atoms with E-state index < -0.39 is 18.1 Å². The molecule has 20 heavy (non-hydrogen) atoms. The number of rotatable bonds is 4. The van der Waals surface area contributed by atoms with E-state index in [0.29, 0.717) is 5.70 Å². The Morgan fingerprint density at radius 3 is 3.05 bits per heavy atom. The summed E-state index contributed by atoms with van der Waals surface area (Å²) in [5.74, 6) is -0.806. The lowest BCUT2D eigenvalue weighted by Gasteiger charge is -2.23. The van der Waals surface area contributed by atoms with E-state index in [9.17, 15) is 14.0 Å². The third-order valence-electron chi connectivity index (χ3n) is 2.96. The number of nitrogens with one attached hydrogen (secondary N) is 2. The van der Waals surface area contributed by atoms with Gasteiger partial charge < -0.3 is 15.0 Å². The summed E-state index contributed by atoms with van der Waals surface area (Å²) < 4.78 is 18.7. The molecule has 1 saturated heterocycles. The highest BCUT2D eigenvalue weighted by molar-refractivity contribution is 5.74. The number of halogens is 1. The molecule has 1 fully saturated rings. The van der Waals surface area contributed by atoms with E-state index in [4.69, 9.17) is 10.1 Å². The van der Waals surface area contributed by atoms with Crippen molar-refractivity contribution in [3.63, 3.8) is 0 Å². The summed E-state index contributed by atoms with van der Waals surface area (Å²) in [6.07, 6.45) is 2.66. The van der Waals surface area contributed by atoms with Crippen LogP contribution in [0.5, 0.6) is 0 Å². The SMILES string of the molecule is CC(=O)NC[C@H]1CN(C2=CCN(C=N)C(F)=C2)C(=O)O1. The van der Waals surface area contributed by atoms with Crippen molar-refractivity contribution in [2.24, 2.45) is 0 Å². The van der Waals surface area contributed by atoms with Crippen LogP contribution in [-0.4, -0.2) is 53.9 Å². The first-order valence-electron chi connectivity index (χ1n) is 6.08. The van der Waals surface area contributed by atoms with E-state index in [1.54, 1.807) is 6.08 Å². The molecule has 0 bridgehead atoms. The molecule has 7 nitrogen and oxygen atoms in total. The molecule has 2 amide bonds. The number of amides is 2. The zero-order chi connectivity index (χ0) is 14.7. The number of carbonyl (C=O) groups excluding carboxylic acids is 2. The van der Waals surface area contributed by atoms with Gasteiger partial charge in [0.25, 0.3) is 0 Å². The lowest BCUT2D eigenvalue weighted by Crippen LogP contribution is -2.33. The van der Waals surface area contributed by atoms with Crippen molar-refractivity contribution in [2.45, 2.75) is 13.0 Å². The molecule has 0 aromatic carbocycles. The van der Waals surface area contributed by atoms with Crippen LogP contribution in [0.25, 0.3) is 0 Å². The minimum absolute atomic E-state index is 0.182. The molecule has 108 valence electrons. The normalized spacial score (nSPS) is 22.1. The average Bonchev–Trinajstić information content (AvgIpc) is 2.77. The van der Waals surface area contributed by atoms with Gasteiger partial charge in [0.1, 0.15) is 6.10 Å². The van der Waals surface area contributed by atoms with Gasteiger partial charge in [0.05, 0.1) is 19.4 Å². The van der Waals surface area contributed by atoms with Crippen molar-refractivity contribution in [1.82, 2.24) is 15.1 Å². The van der Waals surface area contributed by atoms with E-state index in [0.717, 1.165) is 11.2 Å². The molecule has 2 heterocycles. The number of allylic oxidation sites excluding steroid dienone is 1. The van der Waals surface area contributed by atoms with Crippen molar-refractivity contribution < 1.29 is 18.7 Å². The highest BCUT2D eigenvalue weighted by Gasteiger charge is 2.34. The Bertz CT molecular complexity index is 503. The van der Waals surface area contributed by atoms with Gasteiger partial charge >= 0.3 is 6.09 Å². The van der Waals surface area contributed by atoms with Crippen molar-refractivity contribution in [3.8, 4) is 0 Å². The van der Waals surface area contributed by atoms with Crippen LogP contribution in [0, 0.1) is 5.41 Å². The van der Waals surface area contributed by atoms with Crippen LogP contribution in [0.2, 0.25) is 0 Å². The zero-order valence-corrected chi connectivity index (χ0v) is 10.9. The number of hydrogen-bond donors (Lipinski definition) is 2. The Hall–Kier alpha value is -2.38. The van der Waals surface area contributed by atoms with Crippen LogP contribution in [0.3, 0.4) is 0 Å². The number of nitrogens with zero attached hydrogens (tertiary/aromatic N) is 2. The molecule has 0 spiro atoms. The second kappa shape index (κ2) is 5.72. The van der Waals surface area contributed by atoms with Crippen LogP contribution in [0.15, 0.2) is 23.8 Å². The van der Waals surface area contributed by atoms with Gasteiger partial charge in [-0.15, -0.1) is 0 Å². The Balaban J connectivity index is 2.00. The monoisotopic (exact) mass is 282 g/mol. The van der Waals surface area contributed by atoms with Gasteiger partial charge in [0.2, 0.25) is 5.91 Å². The number of cyclic esters (lactones) is 1.